The monoisotopic (exact) mass is 819 g/mol. The van der Waals surface area contributed by atoms with Gasteiger partial charge in [0.2, 0.25) is 17.7 Å². The summed E-state index contributed by atoms with van der Waals surface area (Å²) in [6.07, 6.45) is 7.23. The van der Waals surface area contributed by atoms with Crippen LogP contribution in [0.15, 0.2) is 73.1 Å². The van der Waals surface area contributed by atoms with Crippen molar-refractivity contribution in [1.29, 1.82) is 0 Å². The largest absolute Gasteiger partial charge is 0.496 e. The number of alkyl halides is 1. The summed E-state index contributed by atoms with van der Waals surface area (Å²) in [7, 11) is -2.83. The quantitative estimate of drug-likeness (QED) is 0.103. The summed E-state index contributed by atoms with van der Waals surface area (Å²) in [6.45, 7) is 4.47. The average Bonchev–Trinajstić information content (AvgIpc) is 3.79. The van der Waals surface area contributed by atoms with E-state index < -0.39 is 43.4 Å². The molecule has 5 heterocycles. The van der Waals surface area contributed by atoms with Gasteiger partial charge in [0.1, 0.15) is 29.6 Å². The number of methoxy groups -OCH3 is 1. The molecule has 3 aliphatic rings. The van der Waals surface area contributed by atoms with Crippen molar-refractivity contribution in [3.8, 4) is 11.5 Å². The SMILES string of the molecule is CCCOC(=O)[C@H](C)N[P@](=O)(Oc1ccccc1)[C@@H](F)c1ccc2sc(C(=O)N[C@H]3CCC[C@H]4CC[C@@H](C(=O)N5CC(c6cnccc6OC)C5)N4C3=O)cc2c1. The minimum Gasteiger partial charge on any atom is -0.496 e. The first kappa shape index (κ1) is 40.4. The van der Waals surface area contributed by atoms with Gasteiger partial charge in [-0.1, -0.05) is 31.2 Å². The van der Waals surface area contributed by atoms with Crippen LogP contribution < -0.4 is 19.7 Å². The number of pyridine rings is 1. The molecule has 0 radical (unpaired) electrons. The first-order valence-electron chi connectivity index (χ1n) is 19.4. The molecule has 0 aliphatic carbocycles. The van der Waals surface area contributed by atoms with E-state index in [4.69, 9.17) is 14.0 Å². The molecule has 3 aliphatic heterocycles. The second kappa shape index (κ2) is 17.3. The molecule has 6 atom stereocenters. The van der Waals surface area contributed by atoms with E-state index in [9.17, 15) is 23.7 Å². The molecule has 4 aromatic rings. The number of para-hydroxylation sites is 1. The first-order valence-corrected chi connectivity index (χ1v) is 21.9. The Hall–Kier alpha value is -4.85. The first-order chi connectivity index (χ1) is 27.5. The van der Waals surface area contributed by atoms with E-state index in [1.807, 2.05) is 6.92 Å². The number of thiophene rings is 1. The van der Waals surface area contributed by atoms with Crippen LogP contribution >= 0.6 is 18.9 Å². The zero-order valence-corrected chi connectivity index (χ0v) is 33.8. The lowest BCUT2D eigenvalue weighted by atomic mass is 9.91. The van der Waals surface area contributed by atoms with Gasteiger partial charge in [0.05, 0.1) is 18.6 Å². The zero-order valence-electron chi connectivity index (χ0n) is 32.1. The maximum absolute atomic E-state index is 16.5. The molecular formula is C41H47FN5O8PS. The number of nitrogens with one attached hydrogen (secondary N) is 2. The zero-order chi connectivity index (χ0) is 40.3. The smallest absolute Gasteiger partial charge is 0.355 e. The minimum atomic E-state index is -4.44. The lowest BCUT2D eigenvalue weighted by Gasteiger charge is -2.42. The normalized spacial score (nSPS) is 21.8. The van der Waals surface area contributed by atoms with Crippen LogP contribution in [-0.4, -0.2) is 89.4 Å². The van der Waals surface area contributed by atoms with Gasteiger partial charge in [-0.05, 0) is 92.8 Å². The molecule has 0 saturated carbocycles. The lowest BCUT2D eigenvalue weighted by molar-refractivity contribution is -0.148. The number of amides is 3. The van der Waals surface area contributed by atoms with Crippen LogP contribution in [-0.2, 0) is 23.7 Å². The van der Waals surface area contributed by atoms with Crippen molar-refractivity contribution in [2.45, 2.75) is 88.4 Å². The molecule has 3 fully saturated rings. The van der Waals surface area contributed by atoms with Gasteiger partial charge in [0.15, 0.2) is 0 Å². The number of aromatic nitrogens is 1. The number of esters is 1. The number of fused-ring (bicyclic) bond motifs is 2. The van der Waals surface area contributed by atoms with Gasteiger partial charge < -0.3 is 29.1 Å². The van der Waals surface area contributed by atoms with Gasteiger partial charge >= 0.3 is 13.5 Å². The van der Waals surface area contributed by atoms with Gasteiger partial charge in [0.25, 0.3) is 5.91 Å². The molecule has 2 aromatic heterocycles. The fourth-order valence-corrected chi connectivity index (χ4v) is 10.7. The van der Waals surface area contributed by atoms with E-state index in [1.54, 1.807) is 77.8 Å². The summed E-state index contributed by atoms with van der Waals surface area (Å²) in [5.74, 6) is -2.68. The molecule has 2 N–H and O–H groups in total. The van der Waals surface area contributed by atoms with E-state index in [1.165, 1.54) is 30.4 Å². The number of hydrogen-bond donors (Lipinski definition) is 2. The highest BCUT2D eigenvalue weighted by atomic mass is 32.1. The van der Waals surface area contributed by atoms with Crippen molar-refractivity contribution in [1.82, 2.24) is 25.2 Å². The van der Waals surface area contributed by atoms with Crippen molar-refractivity contribution < 1.29 is 42.1 Å². The van der Waals surface area contributed by atoms with Gasteiger partial charge in [-0.15, -0.1) is 11.3 Å². The van der Waals surface area contributed by atoms with Crippen LogP contribution in [0.2, 0.25) is 0 Å². The van der Waals surface area contributed by atoms with Gasteiger partial charge in [-0.3, -0.25) is 28.7 Å². The fraction of sp³-hybridized carbons (Fsp3) is 0.439. The maximum Gasteiger partial charge on any atom is 0.355 e. The Morgan fingerprint density at radius 3 is 2.60 bits per heavy atom. The molecule has 0 unspecified atom stereocenters. The van der Waals surface area contributed by atoms with E-state index in [-0.39, 0.29) is 41.7 Å². The highest BCUT2D eigenvalue weighted by molar-refractivity contribution is 7.57. The molecule has 16 heteroatoms. The predicted octanol–water partition coefficient (Wildman–Crippen LogP) is 6.74. The van der Waals surface area contributed by atoms with Crippen LogP contribution in [0.5, 0.6) is 11.5 Å². The fourth-order valence-electron chi connectivity index (χ4n) is 7.86. The molecule has 2 aromatic carbocycles. The van der Waals surface area contributed by atoms with Crippen molar-refractivity contribution in [3.63, 3.8) is 0 Å². The number of nitrogens with zero attached hydrogens (tertiary/aromatic N) is 3. The molecule has 302 valence electrons. The number of halogens is 1. The Balaban J connectivity index is 1.04. The number of rotatable bonds is 14. The Kier molecular flexibility index (Phi) is 12.3. The van der Waals surface area contributed by atoms with Crippen molar-refractivity contribution in [3.05, 3.63) is 89.1 Å². The van der Waals surface area contributed by atoms with E-state index >= 15 is 4.39 Å². The molecule has 57 heavy (non-hydrogen) atoms. The van der Waals surface area contributed by atoms with Crippen LogP contribution in [0.25, 0.3) is 10.1 Å². The number of benzene rings is 2. The topological polar surface area (TPSA) is 156 Å². The number of carbonyl (C=O) groups excluding carboxylic acids is 4. The number of ether oxygens (including phenoxy) is 2. The standard InChI is InChI=1S/C41H47FN5O8PS/c1-4-19-54-41(51)25(2)45-56(52,55-30-10-6-5-7-11-30)37(42)26-13-16-35-27(20-26)21-36(57-35)38(48)44-32-12-8-9-29-14-15-33(47(29)39(32)49)40(50)46-23-28(24-46)31-22-43-18-17-34(31)53-3/h5-7,10-11,13,16-18,20-22,25,28-29,32-33,37H,4,8-9,12,14-15,19,23-24H2,1-3H3,(H,44,48)(H,45,52)/t25-,29-,32-,33-,37+,56+/m0/s1. The highest BCUT2D eigenvalue weighted by Crippen LogP contribution is 2.58. The molecule has 0 spiro atoms. The molecule has 3 saturated heterocycles. The summed E-state index contributed by atoms with van der Waals surface area (Å²) >= 11 is 1.18. The second-order valence-electron chi connectivity index (χ2n) is 14.8. The van der Waals surface area contributed by atoms with Crippen molar-refractivity contribution in [2.75, 3.05) is 26.8 Å². The summed E-state index contributed by atoms with van der Waals surface area (Å²) < 4.78 is 47.8. The third-order valence-electron chi connectivity index (χ3n) is 10.8. The number of carbonyl (C=O) groups is 4. The average molecular weight is 820 g/mol. The number of hydrogen-bond acceptors (Lipinski definition) is 10. The maximum atomic E-state index is 16.5. The van der Waals surface area contributed by atoms with Crippen LogP contribution in [0, 0.1) is 0 Å². The van der Waals surface area contributed by atoms with Crippen molar-refractivity contribution >= 4 is 52.6 Å². The van der Waals surface area contributed by atoms with Crippen LogP contribution in [0.1, 0.15) is 85.0 Å². The van der Waals surface area contributed by atoms with E-state index in [0.29, 0.717) is 53.7 Å². The lowest BCUT2D eigenvalue weighted by Crippen LogP contribution is -2.58. The van der Waals surface area contributed by atoms with Gasteiger partial charge in [0, 0.05) is 47.7 Å². The van der Waals surface area contributed by atoms with Gasteiger partial charge in [-0.2, -0.15) is 0 Å². The Labute approximate surface area is 334 Å². The van der Waals surface area contributed by atoms with E-state index in [2.05, 4.69) is 15.4 Å². The third-order valence-corrected chi connectivity index (χ3v) is 14.1. The Bertz CT molecular complexity index is 2170. The third kappa shape index (κ3) is 8.56. The van der Waals surface area contributed by atoms with Crippen LogP contribution in [0.3, 0.4) is 0 Å². The number of likely N-dealkylation sites (tertiary alicyclic amines) is 1. The molecule has 13 nitrogen and oxygen atoms in total. The molecule has 7 rings (SSSR count). The molecular weight excluding hydrogens is 773 g/mol. The van der Waals surface area contributed by atoms with Crippen molar-refractivity contribution in [2.24, 2.45) is 0 Å². The minimum absolute atomic E-state index is 0.0240. The molecule has 3 amide bonds. The Morgan fingerprint density at radius 1 is 1.05 bits per heavy atom. The highest BCUT2D eigenvalue weighted by Gasteiger charge is 2.48. The second-order valence-corrected chi connectivity index (χ2v) is 17.9. The summed E-state index contributed by atoms with van der Waals surface area (Å²) in [6, 6.07) is 13.6. The molecule has 0 bridgehead atoms. The Morgan fingerprint density at radius 2 is 1.84 bits per heavy atom. The predicted molar refractivity (Wildman–Crippen MR) is 213 cm³/mol. The van der Waals surface area contributed by atoms with Crippen LogP contribution in [0.4, 0.5) is 4.39 Å². The summed E-state index contributed by atoms with van der Waals surface area (Å²) in [5.41, 5.74) is 0.977. The van der Waals surface area contributed by atoms with Gasteiger partial charge in [-0.25, -0.2) is 9.48 Å². The van der Waals surface area contributed by atoms with E-state index in [0.717, 1.165) is 24.2 Å². The summed E-state index contributed by atoms with van der Waals surface area (Å²) in [4.78, 5) is 62.2. The summed E-state index contributed by atoms with van der Waals surface area (Å²) in [5, 5.41) is 6.05.